The number of piperazine rings is 1. The molecule has 0 saturated carbocycles. The Morgan fingerprint density at radius 2 is 1.86 bits per heavy atom. The number of benzene rings is 1. The van der Waals surface area contributed by atoms with Gasteiger partial charge in [0.1, 0.15) is 0 Å². The van der Waals surface area contributed by atoms with Gasteiger partial charge < -0.3 is 19.9 Å². The molecule has 0 bridgehead atoms. The minimum Gasteiger partial charge on any atom is -0.383 e. The van der Waals surface area contributed by atoms with Crippen LogP contribution in [0.2, 0.25) is 0 Å². The lowest BCUT2D eigenvalue weighted by molar-refractivity contribution is 0.126. The summed E-state index contributed by atoms with van der Waals surface area (Å²) in [5.74, 6) is 1.02. The van der Waals surface area contributed by atoms with Crippen LogP contribution in [0.5, 0.6) is 0 Å². The predicted octanol–water partition coefficient (Wildman–Crippen LogP) is 2.53. The number of ether oxygens (including phenoxy) is 1. The highest BCUT2D eigenvalue weighted by Gasteiger charge is 2.25. The van der Waals surface area contributed by atoms with Gasteiger partial charge >= 0.3 is 0 Å². The predicted molar refractivity (Wildman–Crippen MR) is 129 cm³/mol. The fraction of sp³-hybridized carbons (Fsp3) is 0.667. The molecule has 1 atom stereocenters. The molecule has 1 saturated heterocycles. The van der Waals surface area contributed by atoms with Crippen LogP contribution in [0.4, 0.5) is 0 Å². The van der Waals surface area contributed by atoms with Crippen LogP contribution < -0.4 is 5.32 Å². The van der Waals surface area contributed by atoms with Gasteiger partial charge in [0.2, 0.25) is 0 Å². The van der Waals surface area contributed by atoms with E-state index in [0.29, 0.717) is 6.04 Å². The number of hydrogen-bond donors (Lipinski definition) is 1. The fourth-order valence-corrected chi connectivity index (χ4v) is 3.68. The van der Waals surface area contributed by atoms with Crippen molar-refractivity contribution in [2.45, 2.75) is 19.4 Å². The molecule has 7 heteroatoms. The molecule has 1 aromatic carbocycles. The third-order valence-corrected chi connectivity index (χ3v) is 5.29. The number of likely N-dealkylation sites (N-methyl/N-ethyl adjacent to an activating group) is 1. The lowest BCUT2D eigenvalue weighted by Gasteiger charge is -2.40. The Bertz CT molecular complexity index is 549. The van der Waals surface area contributed by atoms with E-state index in [4.69, 9.17) is 4.74 Å². The molecule has 0 aliphatic carbocycles. The molecule has 1 aromatic rings. The summed E-state index contributed by atoms with van der Waals surface area (Å²) >= 11 is 0. The summed E-state index contributed by atoms with van der Waals surface area (Å²) in [6.07, 6.45) is 1.14. The topological polar surface area (TPSA) is 43.3 Å². The van der Waals surface area contributed by atoms with Crippen LogP contribution in [0.15, 0.2) is 35.3 Å². The minimum atomic E-state index is 0. The molecule has 1 heterocycles. The quantitative estimate of drug-likeness (QED) is 0.319. The van der Waals surface area contributed by atoms with Crippen LogP contribution in [0.1, 0.15) is 24.9 Å². The Hall–Kier alpha value is -0.900. The van der Waals surface area contributed by atoms with E-state index in [1.54, 1.807) is 7.11 Å². The molecule has 1 unspecified atom stereocenters. The first kappa shape index (κ1) is 25.1. The molecule has 1 N–H and O–H groups in total. The van der Waals surface area contributed by atoms with Crippen molar-refractivity contribution in [3.63, 3.8) is 0 Å². The lowest BCUT2D eigenvalue weighted by atomic mass is 10.0. The van der Waals surface area contributed by atoms with Crippen LogP contribution in [0, 0.1) is 0 Å². The molecule has 2 rings (SSSR count). The molecule has 0 aromatic heterocycles. The van der Waals surface area contributed by atoms with Crippen molar-refractivity contribution >= 4 is 29.9 Å². The molecular weight excluding hydrogens is 465 g/mol. The zero-order valence-corrected chi connectivity index (χ0v) is 20.3. The third-order valence-electron chi connectivity index (χ3n) is 5.29. The zero-order chi connectivity index (χ0) is 19.5. The van der Waals surface area contributed by atoms with E-state index in [9.17, 15) is 0 Å². The highest BCUT2D eigenvalue weighted by Crippen LogP contribution is 2.25. The van der Waals surface area contributed by atoms with E-state index in [2.05, 4.69) is 69.3 Å². The van der Waals surface area contributed by atoms with E-state index in [-0.39, 0.29) is 24.0 Å². The maximum absolute atomic E-state index is 5.13. The number of nitrogens with one attached hydrogen (secondary N) is 1. The average molecular weight is 503 g/mol. The average Bonchev–Trinajstić information content (AvgIpc) is 2.72. The molecule has 1 aliphatic rings. The summed E-state index contributed by atoms with van der Waals surface area (Å²) < 4.78 is 5.13. The number of rotatable bonds is 9. The second-order valence-corrected chi connectivity index (χ2v) is 7.13. The molecule has 1 aliphatic heterocycles. The van der Waals surface area contributed by atoms with Gasteiger partial charge in [-0.25, -0.2) is 0 Å². The fourth-order valence-electron chi connectivity index (χ4n) is 3.68. The smallest absolute Gasteiger partial charge is 0.193 e. The summed E-state index contributed by atoms with van der Waals surface area (Å²) in [6.45, 7) is 10.1. The van der Waals surface area contributed by atoms with Crippen molar-refractivity contribution in [3.05, 3.63) is 35.9 Å². The maximum atomic E-state index is 5.13. The largest absolute Gasteiger partial charge is 0.383 e. The Morgan fingerprint density at radius 3 is 2.43 bits per heavy atom. The van der Waals surface area contributed by atoms with Crippen molar-refractivity contribution in [3.8, 4) is 0 Å². The van der Waals surface area contributed by atoms with Crippen LogP contribution in [-0.4, -0.2) is 94.3 Å². The van der Waals surface area contributed by atoms with Gasteiger partial charge in [0, 0.05) is 66.0 Å². The summed E-state index contributed by atoms with van der Waals surface area (Å²) in [5, 5.41) is 3.51. The third kappa shape index (κ3) is 7.85. The van der Waals surface area contributed by atoms with Gasteiger partial charge in [-0.1, -0.05) is 37.3 Å². The van der Waals surface area contributed by atoms with Gasteiger partial charge in [-0.05, 0) is 19.0 Å². The number of hydrogen-bond acceptors (Lipinski definition) is 4. The van der Waals surface area contributed by atoms with Crippen molar-refractivity contribution in [2.75, 3.05) is 73.6 Å². The SMILES string of the molecule is CCC(c1ccccc1)N1CCN(C(=NC)NCCN(C)CCOC)CC1.I. The van der Waals surface area contributed by atoms with Crippen molar-refractivity contribution in [1.29, 1.82) is 0 Å². The van der Waals surface area contributed by atoms with Gasteiger partial charge in [0.25, 0.3) is 0 Å². The number of guanidine groups is 1. The molecule has 0 amide bonds. The molecule has 0 spiro atoms. The highest BCUT2D eigenvalue weighted by molar-refractivity contribution is 14.0. The van der Waals surface area contributed by atoms with Crippen LogP contribution in [0.3, 0.4) is 0 Å². The van der Waals surface area contributed by atoms with E-state index in [1.165, 1.54) is 5.56 Å². The first-order chi connectivity index (χ1) is 13.2. The molecule has 28 heavy (non-hydrogen) atoms. The molecule has 0 radical (unpaired) electrons. The number of aliphatic imine (C=N–C) groups is 1. The Kier molecular flexibility index (Phi) is 12.7. The summed E-state index contributed by atoms with van der Waals surface area (Å²) in [6, 6.07) is 11.4. The van der Waals surface area contributed by atoms with Crippen LogP contribution in [-0.2, 0) is 4.74 Å². The monoisotopic (exact) mass is 503 g/mol. The van der Waals surface area contributed by atoms with Crippen molar-refractivity contribution < 1.29 is 4.74 Å². The lowest BCUT2D eigenvalue weighted by Crippen LogP contribution is -2.53. The van der Waals surface area contributed by atoms with Gasteiger partial charge in [0.15, 0.2) is 5.96 Å². The summed E-state index contributed by atoms with van der Waals surface area (Å²) in [7, 11) is 5.74. The first-order valence-corrected chi connectivity index (χ1v) is 10.1. The second kappa shape index (κ2) is 14.1. The van der Waals surface area contributed by atoms with Crippen LogP contribution in [0.25, 0.3) is 0 Å². The van der Waals surface area contributed by atoms with E-state index >= 15 is 0 Å². The summed E-state index contributed by atoms with van der Waals surface area (Å²) in [4.78, 5) is 11.7. The van der Waals surface area contributed by atoms with Crippen molar-refractivity contribution in [2.24, 2.45) is 4.99 Å². The van der Waals surface area contributed by atoms with Gasteiger partial charge in [-0.2, -0.15) is 0 Å². The van der Waals surface area contributed by atoms with Gasteiger partial charge in [-0.15, -0.1) is 24.0 Å². The van der Waals surface area contributed by atoms with Crippen LogP contribution >= 0.6 is 24.0 Å². The second-order valence-electron chi connectivity index (χ2n) is 7.13. The Balaban J connectivity index is 0.00000392. The zero-order valence-electron chi connectivity index (χ0n) is 17.9. The number of nitrogens with zero attached hydrogens (tertiary/aromatic N) is 4. The highest BCUT2D eigenvalue weighted by atomic mass is 127. The molecule has 1 fully saturated rings. The van der Waals surface area contributed by atoms with Crippen molar-refractivity contribution in [1.82, 2.24) is 20.0 Å². The minimum absolute atomic E-state index is 0. The number of halogens is 1. The summed E-state index contributed by atoms with van der Waals surface area (Å²) in [5.41, 5.74) is 1.43. The van der Waals surface area contributed by atoms with E-state index in [1.807, 2.05) is 7.05 Å². The maximum Gasteiger partial charge on any atom is 0.193 e. The molecule has 6 nitrogen and oxygen atoms in total. The number of methoxy groups -OCH3 is 1. The Morgan fingerprint density at radius 1 is 1.18 bits per heavy atom. The molecular formula is C21H38IN5O. The standard InChI is InChI=1S/C21H37N5O.HI/c1-5-20(19-9-7-6-8-10-19)25-13-15-26(16-14-25)21(22-2)23-11-12-24(3)17-18-27-4;/h6-10,20H,5,11-18H2,1-4H3,(H,22,23);1H. The van der Waals surface area contributed by atoms with Gasteiger partial charge in [0.05, 0.1) is 6.61 Å². The molecule has 160 valence electrons. The Labute approximate surface area is 188 Å². The van der Waals surface area contributed by atoms with E-state index in [0.717, 1.165) is 64.8 Å². The first-order valence-electron chi connectivity index (χ1n) is 10.1. The van der Waals surface area contributed by atoms with E-state index < -0.39 is 0 Å². The normalized spacial score (nSPS) is 16.8. The van der Waals surface area contributed by atoms with Gasteiger partial charge in [-0.3, -0.25) is 9.89 Å².